The molecule has 1 fully saturated rings. The summed E-state index contributed by atoms with van der Waals surface area (Å²) in [5.74, 6) is 0. The minimum Gasteiger partial charge on any atom is -0.311 e. The molecule has 114 valence electrons. The van der Waals surface area contributed by atoms with Crippen LogP contribution in [0.3, 0.4) is 0 Å². The summed E-state index contributed by atoms with van der Waals surface area (Å²) in [7, 11) is -3.43. The number of nitrogens with zero attached hydrogens (tertiary/aromatic N) is 2. The minimum atomic E-state index is -3.43. The van der Waals surface area contributed by atoms with Crippen LogP contribution in [0.15, 0.2) is 4.90 Å². The molecular weight excluding hydrogens is 276 g/mol. The molecule has 1 aliphatic heterocycles. The van der Waals surface area contributed by atoms with E-state index in [1.807, 2.05) is 6.92 Å². The zero-order chi connectivity index (χ0) is 14.6. The van der Waals surface area contributed by atoms with E-state index < -0.39 is 10.0 Å². The number of hydrogen-bond acceptors (Lipinski definition) is 4. The number of H-pyrrole nitrogens is 1. The molecule has 0 radical (unpaired) electrons. The Labute approximate surface area is 121 Å². The van der Waals surface area contributed by atoms with Gasteiger partial charge in [0.15, 0.2) is 0 Å². The molecule has 0 atom stereocenters. The first kappa shape index (κ1) is 15.5. The second-order valence-electron chi connectivity index (χ2n) is 5.22. The first-order valence-electron chi connectivity index (χ1n) is 7.32. The van der Waals surface area contributed by atoms with Gasteiger partial charge in [0.1, 0.15) is 4.90 Å². The molecule has 6 nitrogen and oxygen atoms in total. The predicted molar refractivity (Wildman–Crippen MR) is 77.9 cm³/mol. The van der Waals surface area contributed by atoms with Crippen molar-refractivity contribution in [2.45, 2.75) is 51.0 Å². The van der Waals surface area contributed by atoms with Crippen LogP contribution in [-0.4, -0.2) is 42.6 Å². The van der Waals surface area contributed by atoms with E-state index in [2.05, 4.69) is 15.5 Å². The summed E-state index contributed by atoms with van der Waals surface area (Å²) in [5.41, 5.74) is 1.22. The molecule has 0 spiro atoms. The zero-order valence-electron chi connectivity index (χ0n) is 12.3. The Kier molecular flexibility index (Phi) is 5.17. The van der Waals surface area contributed by atoms with Gasteiger partial charge in [-0.15, -0.1) is 0 Å². The number of rotatable bonds is 5. The van der Waals surface area contributed by atoms with E-state index in [0.29, 0.717) is 35.9 Å². The Balaban J connectivity index is 2.30. The molecule has 2 rings (SSSR count). The second-order valence-corrected chi connectivity index (χ2v) is 7.10. The van der Waals surface area contributed by atoms with Crippen LogP contribution in [0.1, 0.15) is 44.0 Å². The fourth-order valence-corrected chi connectivity index (χ4v) is 4.43. The standard InChI is InChI=1S/C13H24N4O2S/c1-3-14-10-12-13(11(2)15-16-12)20(18,19)17-8-6-4-5-7-9-17/h14H,3-10H2,1-2H3,(H,15,16). The van der Waals surface area contributed by atoms with Gasteiger partial charge in [0, 0.05) is 19.6 Å². The number of sulfonamides is 1. The highest BCUT2D eigenvalue weighted by atomic mass is 32.2. The van der Waals surface area contributed by atoms with E-state index in [0.717, 1.165) is 32.2 Å². The summed E-state index contributed by atoms with van der Waals surface area (Å²) in [6, 6.07) is 0. The molecule has 0 amide bonds. The van der Waals surface area contributed by atoms with Crippen molar-refractivity contribution in [2.24, 2.45) is 0 Å². The van der Waals surface area contributed by atoms with Gasteiger partial charge in [0.2, 0.25) is 10.0 Å². The second kappa shape index (κ2) is 6.69. The van der Waals surface area contributed by atoms with E-state index in [4.69, 9.17) is 0 Å². The average molecular weight is 300 g/mol. The lowest BCUT2D eigenvalue weighted by Gasteiger charge is -2.20. The third-order valence-corrected chi connectivity index (χ3v) is 5.77. The summed E-state index contributed by atoms with van der Waals surface area (Å²) in [6.07, 6.45) is 4.11. The van der Waals surface area contributed by atoms with Crippen molar-refractivity contribution in [3.05, 3.63) is 11.4 Å². The van der Waals surface area contributed by atoms with Gasteiger partial charge in [-0.3, -0.25) is 5.10 Å². The molecule has 0 bridgehead atoms. The lowest BCUT2D eigenvalue weighted by Crippen LogP contribution is -2.33. The molecule has 0 unspecified atom stereocenters. The molecule has 1 aromatic heterocycles. The van der Waals surface area contributed by atoms with Crippen molar-refractivity contribution >= 4 is 10.0 Å². The van der Waals surface area contributed by atoms with E-state index in [-0.39, 0.29) is 0 Å². The van der Waals surface area contributed by atoms with Crippen LogP contribution in [0.4, 0.5) is 0 Å². The van der Waals surface area contributed by atoms with Gasteiger partial charge >= 0.3 is 0 Å². The summed E-state index contributed by atoms with van der Waals surface area (Å²) >= 11 is 0. The highest BCUT2D eigenvalue weighted by Crippen LogP contribution is 2.24. The Morgan fingerprint density at radius 2 is 1.90 bits per heavy atom. The van der Waals surface area contributed by atoms with E-state index in [1.54, 1.807) is 11.2 Å². The van der Waals surface area contributed by atoms with Crippen LogP contribution in [0.2, 0.25) is 0 Å². The molecule has 7 heteroatoms. The smallest absolute Gasteiger partial charge is 0.246 e. The fraction of sp³-hybridized carbons (Fsp3) is 0.769. The van der Waals surface area contributed by atoms with Crippen LogP contribution >= 0.6 is 0 Å². The molecule has 1 saturated heterocycles. The van der Waals surface area contributed by atoms with Gasteiger partial charge in [0.25, 0.3) is 0 Å². The SMILES string of the molecule is CCNCc1n[nH]c(C)c1S(=O)(=O)N1CCCCCC1. The molecule has 0 saturated carbocycles. The van der Waals surface area contributed by atoms with Crippen molar-refractivity contribution in [3.63, 3.8) is 0 Å². The number of aromatic nitrogens is 2. The monoisotopic (exact) mass is 300 g/mol. The Morgan fingerprint density at radius 1 is 1.25 bits per heavy atom. The van der Waals surface area contributed by atoms with Crippen molar-refractivity contribution in [3.8, 4) is 0 Å². The van der Waals surface area contributed by atoms with Crippen molar-refractivity contribution in [2.75, 3.05) is 19.6 Å². The van der Waals surface area contributed by atoms with Gasteiger partial charge in [-0.05, 0) is 26.3 Å². The third kappa shape index (κ3) is 3.21. The maximum absolute atomic E-state index is 12.8. The summed E-state index contributed by atoms with van der Waals surface area (Å²) in [4.78, 5) is 0.361. The summed E-state index contributed by atoms with van der Waals surface area (Å²) in [6.45, 7) is 6.26. The lowest BCUT2D eigenvalue weighted by molar-refractivity contribution is 0.422. The summed E-state index contributed by atoms with van der Waals surface area (Å²) < 4.78 is 27.3. The van der Waals surface area contributed by atoms with Crippen LogP contribution < -0.4 is 5.32 Å². The quantitative estimate of drug-likeness (QED) is 0.861. The van der Waals surface area contributed by atoms with Gasteiger partial charge in [0.05, 0.1) is 11.4 Å². The number of nitrogens with one attached hydrogen (secondary N) is 2. The van der Waals surface area contributed by atoms with E-state index in [1.165, 1.54) is 0 Å². The predicted octanol–water partition coefficient (Wildman–Crippen LogP) is 1.39. The molecular formula is C13H24N4O2S. The van der Waals surface area contributed by atoms with Gasteiger partial charge in [-0.25, -0.2) is 8.42 Å². The van der Waals surface area contributed by atoms with Gasteiger partial charge < -0.3 is 5.32 Å². The van der Waals surface area contributed by atoms with Crippen LogP contribution in [0, 0.1) is 6.92 Å². The molecule has 1 aromatic rings. The molecule has 20 heavy (non-hydrogen) atoms. The van der Waals surface area contributed by atoms with Crippen molar-refractivity contribution in [1.29, 1.82) is 0 Å². The van der Waals surface area contributed by atoms with Crippen LogP contribution in [-0.2, 0) is 16.6 Å². The highest BCUT2D eigenvalue weighted by Gasteiger charge is 2.30. The third-order valence-electron chi connectivity index (χ3n) is 3.67. The normalized spacial score (nSPS) is 18.1. The van der Waals surface area contributed by atoms with Gasteiger partial charge in [-0.1, -0.05) is 19.8 Å². The van der Waals surface area contributed by atoms with Crippen LogP contribution in [0.25, 0.3) is 0 Å². The topological polar surface area (TPSA) is 78.1 Å². The maximum Gasteiger partial charge on any atom is 0.246 e. The maximum atomic E-state index is 12.8. The number of aromatic amines is 1. The van der Waals surface area contributed by atoms with E-state index >= 15 is 0 Å². The molecule has 2 heterocycles. The minimum absolute atomic E-state index is 0.361. The first-order chi connectivity index (χ1) is 9.57. The zero-order valence-corrected chi connectivity index (χ0v) is 13.1. The Bertz CT molecular complexity index is 531. The largest absolute Gasteiger partial charge is 0.311 e. The molecule has 0 aromatic carbocycles. The first-order valence-corrected chi connectivity index (χ1v) is 8.76. The van der Waals surface area contributed by atoms with E-state index in [9.17, 15) is 8.42 Å². The Morgan fingerprint density at radius 3 is 2.50 bits per heavy atom. The molecule has 0 aliphatic carbocycles. The number of aryl methyl sites for hydroxylation is 1. The molecule has 1 aliphatic rings. The average Bonchev–Trinajstić information content (AvgIpc) is 2.65. The lowest BCUT2D eigenvalue weighted by atomic mass is 10.2. The molecule has 2 N–H and O–H groups in total. The van der Waals surface area contributed by atoms with Crippen molar-refractivity contribution in [1.82, 2.24) is 19.8 Å². The van der Waals surface area contributed by atoms with Gasteiger partial charge in [-0.2, -0.15) is 9.40 Å². The summed E-state index contributed by atoms with van der Waals surface area (Å²) in [5, 5.41) is 10.1. The number of hydrogen-bond donors (Lipinski definition) is 2. The fourth-order valence-electron chi connectivity index (χ4n) is 2.59. The van der Waals surface area contributed by atoms with Crippen molar-refractivity contribution < 1.29 is 8.42 Å². The highest BCUT2D eigenvalue weighted by molar-refractivity contribution is 7.89. The Hall–Kier alpha value is -0.920. The van der Waals surface area contributed by atoms with Crippen LogP contribution in [0.5, 0.6) is 0 Å².